The Morgan fingerprint density at radius 2 is 0.489 bits per heavy atom. The molecule has 0 bridgehead atoms. The van der Waals surface area contributed by atoms with Crippen LogP contribution in [0.25, 0.3) is 0 Å². The van der Waals surface area contributed by atoms with Gasteiger partial charge in [0.15, 0.2) is 0 Å². The molecule has 0 heterocycles. The Hall–Kier alpha value is -4.14. The van der Waals surface area contributed by atoms with Crippen molar-refractivity contribution < 1.29 is 28.8 Å². The molecule has 1 aliphatic carbocycles. The molecule has 5 aromatic carbocycles. The lowest BCUT2D eigenvalue weighted by atomic mass is 9.83. The molecule has 1 saturated carbocycles. The first-order valence-corrected chi connectivity index (χ1v) is 16.2. The lowest BCUT2D eigenvalue weighted by Crippen LogP contribution is -2.66. The average molecular weight is 631 g/mol. The molecular weight excluding hydrogens is 588 g/mol. The van der Waals surface area contributed by atoms with Gasteiger partial charge in [0, 0.05) is 0 Å². The topological polar surface area (TPSA) is 66.4 Å². The van der Waals surface area contributed by atoms with Crippen molar-refractivity contribution in [3.8, 4) is 0 Å². The molecule has 0 saturated heterocycles. The molecule has 0 aliphatic heterocycles. The van der Waals surface area contributed by atoms with Gasteiger partial charge in [-0.1, -0.05) is 152 Å². The van der Waals surface area contributed by atoms with Gasteiger partial charge in [0.25, 0.3) is 0 Å². The van der Waals surface area contributed by atoms with E-state index in [-0.39, 0.29) is 0 Å². The summed E-state index contributed by atoms with van der Waals surface area (Å²) in [6.45, 7) is 1.54. The third-order valence-electron chi connectivity index (χ3n) is 8.39. The Morgan fingerprint density at radius 1 is 0.298 bits per heavy atom. The zero-order valence-electron chi connectivity index (χ0n) is 26.4. The van der Waals surface area contributed by atoms with Gasteiger partial charge in [-0.3, -0.25) is 0 Å². The third-order valence-corrected chi connectivity index (χ3v) is 8.39. The van der Waals surface area contributed by atoms with Crippen LogP contribution in [0.3, 0.4) is 0 Å². The van der Waals surface area contributed by atoms with E-state index in [1.54, 1.807) is 0 Å². The van der Waals surface area contributed by atoms with Gasteiger partial charge >= 0.3 is 0 Å². The van der Waals surface area contributed by atoms with Crippen LogP contribution < -0.4 is 0 Å². The van der Waals surface area contributed by atoms with Crippen molar-refractivity contribution in [2.75, 3.05) is 0 Å². The summed E-state index contributed by atoms with van der Waals surface area (Å²) in [5.74, 6) is 0. The molecular formula is C41H42O6. The van der Waals surface area contributed by atoms with Crippen LogP contribution in [0.15, 0.2) is 152 Å². The van der Waals surface area contributed by atoms with Crippen LogP contribution in [0.2, 0.25) is 0 Å². The number of hydrogen-bond acceptors (Lipinski definition) is 6. The van der Waals surface area contributed by atoms with Gasteiger partial charge in [-0.05, 0) is 27.8 Å². The van der Waals surface area contributed by atoms with Gasteiger partial charge in [0.2, 0.25) is 0 Å². The molecule has 0 radical (unpaired) electrons. The highest BCUT2D eigenvalue weighted by Crippen LogP contribution is 2.35. The van der Waals surface area contributed by atoms with Gasteiger partial charge in [0.05, 0.1) is 33.0 Å². The van der Waals surface area contributed by atoms with Crippen LogP contribution in [-0.2, 0) is 56.7 Å². The van der Waals surface area contributed by atoms with E-state index in [1.165, 1.54) is 0 Å². The summed E-state index contributed by atoms with van der Waals surface area (Å²) in [7, 11) is 0. The van der Waals surface area contributed by atoms with E-state index in [1.807, 2.05) is 152 Å². The summed E-state index contributed by atoms with van der Waals surface area (Å²) in [5, 5.41) is 12.2. The number of aliphatic hydroxyl groups is 1. The van der Waals surface area contributed by atoms with Crippen molar-refractivity contribution in [3.05, 3.63) is 179 Å². The van der Waals surface area contributed by atoms with Gasteiger partial charge in [0.1, 0.15) is 36.6 Å². The maximum absolute atomic E-state index is 12.2. The van der Waals surface area contributed by atoms with Gasteiger partial charge in [-0.2, -0.15) is 0 Å². The van der Waals surface area contributed by atoms with Crippen LogP contribution in [0, 0.1) is 0 Å². The van der Waals surface area contributed by atoms with E-state index >= 15 is 0 Å². The van der Waals surface area contributed by atoms with E-state index < -0.39 is 36.6 Å². The van der Waals surface area contributed by atoms with Crippen LogP contribution in [0.4, 0.5) is 0 Å². The quantitative estimate of drug-likeness (QED) is 0.131. The van der Waals surface area contributed by atoms with Crippen molar-refractivity contribution in [2.24, 2.45) is 0 Å². The van der Waals surface area contributed by atoms with Gasteiger partial charge < -0.3 is 28.8 Å². The summed E-state index contributed by atoms with van der Waals surface area (Å²) in [6.07, 6.45) is -4.58. The summed E-state index contributed by atoms with van der Waals surface area (Å²) >= 11 is 0. The summed E-state index contributed by atoms with van der Waals surface area (Å²) < 4.78 is 33.3. The Balaban J connectivity index is 1.35. The maximum atomic E-state index is 12.2. The maximum Gasteiger partial charge on any atom is 0.116 e. The molecule has 6 rings (SSSR count). The highest BCUT2D eigenvalue weighted by molar-refractivity contribution is 5.18. The molecule has 5 aromatic rings. The highest BCUT2D eigenvalue weighted by atomic mass is 16.6. The normalized spacial score (nSPS) is 22.6. The van der Waals surface area contributed by atoms with E-state index in [9.17, 15) is 5.11 Å². The molecule has 6 heteroatoms. The third kappa shape index (κ3) is 9.24. The van der Waals surface area contributed by atoms with Crippen LogP contribution in [-0.4, -0.2) is 41.7 Å². The van der Waals surface area contributed by atoms with Gasteiger partial charge in [-0.25, -0.2) is 0 Å². The number of ether oxygens (including phenoxy) is 5. The number of hydrogen-bond donors (Lipinski definition) is 1. The van der Waals surface area contributed by atoms with Crippen molar-refractivity contribution in [3.63, 3.8) is 0 Å². The zero-order valence-corrected chi connectivity index (χ0v) is 26.4. The molecule has 242 valence electrons. The predicted octanol–water partition coefficient (Wildman–Crippen LogP) is 7.29. The summed E-state index contributed by atoms with van der Waals surface area (Å²) in [6, 6.07) is 49.9. The van der Waals surface area contributed by atoms with Crippen molar-refractivity contribution in [1.82, 2.24) is 0 Å². The molecule has 0 aromatic heterocycles. The fraction of sp³-hybridized carbons (Fsp3) is 0.268. The predicted molar refractivity (Wildman–Crippen MR) is 181 cm³/mol. The Morgan fingerprint density at radius 3 is 0.723 bits per heavy atom. The number of rotatable bonds is 15. The number of aliphatic hydroxyl groups excluding tert-OH is 1. The van der Waals surface area contributed by atoms with E-state index in [2.05, 4.69) is 0 Å². The second kappa shape index (κ2) is 17.1. The largest absolute Gasteiger partial charge is 0.387 e. The van der Waals surface area contributed by atoms with Gasteiger partial charge in [-0.15, -0.1) is 0 Å². The first-order valence-electron chi connectivity index (χ1n) is 16.2. The lowest BCUT2D eigenvalue weighted by Gasteiger charge is -2.48. The first-order chi connectivity index (χ1) is 23.2. The summed E-state index contributed by atoms with van der Waals surface area (Å²) in [5.41, 5.74) is 5.02. The Bertz CT molecular complexity index is 1470. The molecule has 6 atom stereocenters. The fourth-order valence-corrected chi connectivity index (χ4v) is 5.93. The first kappa shape index (κ1) is 32.8. The highest BCUT2D eigenvalue weighted by Gasteiger charge is 2.54. The van der Waals surface area contributed by atoms with Crippen LogP contribution in [0.1, 0.15) is 27.8 Å². The molecule has 2 unspecified atom stereocenters. The lowest BCUT2D eigenvalue weighted by molar-refractivity contribution is -0.283. The number of benzene rings is 5. The smallest absolute Gasteiger partial charge is 0.116 e. The van der Waals surface area contributed by atoms with Crippen LogP contribution >= 0.6 is 0 Å². The molecule has 0 spiro atoms. The second-order valence-corrected chi connectivity index (χ2v) is 11.8. The SMILES string of the molecule is OC1[C@@H](OCc2ccccc2)[C@H](OCc2ccccc2)C(OCc2ccccc2)[C@@H](OCc2ccccc2)[C@H]1OCc1ccccc1. The monoisotopic (exact) mass is 630 g/mol. The molecule has 47 heavy (non-hydrogen) atoms. The van der Waals surface area contributed by atoms with E-state index in [4.69, 9.17) is 23.7 Å². The molecule has 1 aliphatic rings. The fourth-order valence-electron chi connectivity index (χ4n) is 5.93. The minimum absolute atomic E-state index is 0.292. The Kier molecular flexibility index (Phi) is 12.0. The molecule has 6 nitrogen and oxygen atoms in total. The molecule has 1 fully saturated rings. The molecule has 0 amide bonds. The Labute approximate surface area is 277 Å². The minimum atomic E-state index is -1.07. The van der Waals surface area contributed by atoms with Crippen molar-refractivity contribution in [1.29, 1.82) is 0 Å². The van der Waals surface area contributed by atoms with E-state index in [0.717, 1.165) is 27.8 Å². The summed E-state index contributed by atoms with van der Waals surface area (Å²) in [4.78, 5) is 0. The van der Waals surface area contributed by atoms with Crippen molar-refractivity contribution in [2.45, 2.75) is 69.7 Å². The zero-order chi connectivity index (χ0) is 32.1. The average Bonchev–Trinajstić information content (AvgIpc) is 3.14. The standard InChI is InChI=1S/C41H42O6/c42-36-37(43-26-31-16-6-1-7-17-31)39(45-28-33-20-10-3-11-21-33)41(47-30-35-24-14-5-15-25-35)40(46-29-34-22-12-4-13-23-34)38(36)44-27-32-18-8-2-9-19-32/h1-25,36-42H,26-30H2/t36?,37-,38+,39-,40-,41?/m0/s1. The molecule has 1 N–H and O–H groups in total. The van der Waals surface area contributed by atoms with Crippen LogP contribution in [0.5, 0.6) is 0 Å². The second-order valence-electron chi connectivity index (χ2n) is 11.8. The minimum Gasteiger partial charge on any atom is -0.387 e. The van der Waals surface area contributed by atoms with Crippen molar-refractivity contribution >= 4 is 0 Å². The van der Waals surface area contributed by atoms with E-state index in [0.29, 0.717) is 33.0 Å².